The summed E-state index contributed by atoms with van der Waals surface area (Å²) >= 11 is 1.58. The monoisotopic (exact) mass is 385 g/mol. The van der Waals surface area contributed by atoms with Crippen LogP contribution in [0.15, 0.2) is 73.1 Å². The minimum atomic E-state index is 0.505. The van der Waals surface area contributed by atoms with Crippen molar-refractivity contribution in [3.05, 3.63) is 84.2 Å². The number of pyridine rings is 1. The van der Waals surface area contributed by atoms with Gasteiger partial charge in [-0.25, -0.2) is 0 Å². The zero-order chi connectivity index (χ0) is 19.8. The lowest BCUT2D eigenvalue weighted by Gasteiger charge is -1.99. The van der Waals surface area contributed by atoms with Gasteiger partial charge in [-0.2, -0.15) is 5.26 Å². The lowest BCUT2D eigenvalue weighted by Crippen LogP contribution is -1.84. The van der Waals surface area contributed by atoms with E-state index in [1.807, 2.05) is 49.5 Å². The van der Waals surface area contributed by atoms with Crippen LogP contribution in [0.25, 0.3) is 21.2 Å². The second-order valence-electron chi connectivity index (χ2n) is 6.00. The zero-order valence-corrected chi connectivity index (χ0v) is 16.2. The van der Waals surface area contributed by atoms with E-state index >= 15 is 0 Å². The molecule has 4 nitrogen and oxygen atoms in total. The normalized spacial score (nSPS) is 9.86. The van der Waals surface area contributed by atoms with Crippen LogP contribution in [0, 0.1) is 11.3 Å². The number of anilines is 1. The summed E-state index contributed by atoms with van der Waals surface area (Å²) in [6.45, 7) is 0. The number of fused-ring (bicyclic) bond motifs is 1. The number of carbonyl (C=O) groups is 1. The average molecular weight is 385 g/mol. The Morgan fingerprint density at radius 3 is 2.46 bits per heavy atom. The van der Waals surface area contributed by atoms with Crippen molar-refractivity contribution in [1.29, 1.82) is 5.26 Å². The molecule has 0 aliphatic carbocycles. The molecular formula is C23H19N3OS. The van der Waals surface area contributed by atoms with E-state index in [2.05, 4.69) is 34.6 Å². The highest BCUT2D eigenvalue weighted by Crippen LogP contribution is 2.34. The first-order valence-corrected chi connectivity index (χ1v) is 9.60. The summed E-state index contributed by atoms with van der Waals surface area (Å²) in [5.41, 5.74) is 2.86. The molecule has 0 saturated carbocycles. The van der Waals surface area contributed by atoms with Gasteiger partial charge in [0.25, 0.3) is 0 Å². The first-order valence-electron chi connectivity index (χ1n) is 8.78. The highest BCUT2D eigenvalue weighted by molar-refractivity contribution is 7.19. The molecular weight excluding hydrogens is 366 g/mol. The fourth-order valence-corrected chi connectivity index (χ4v) is 3.75. The van der Waals surface area contributed by atoms with Gasteiger partial charge in [0, 0.05) is 30.7 Å². The summed E-state index contributed by atoms with van der Waals surface area (Å²) < 4.78 is 0. The van der Waals surface area contributed by atoms with Crippen molar-refractivity contribution in [2.24, 2.45) is 0 Å². The van der Waals surface area contributed by atoms with E-state index in [1.165, 1.54) is 10.8 Å². The largest absolute Gasteiger partial charge is 0.379 e. The van der Waals surface area contributed by atoms with Crippen molar-refractivity contribution in [2.45, 2.75) is 6.42 Å². The van der Waals surface area contributed by atoms with Gasteiger partial charge in [0.15, 0.2) is 0 Å². The van der Waals surface area contributed by atoms with Crippen LogP contribution in [-0.4, -0.2) is 18.3 Å². The number of nitrogens with one attached hydrogen (secondary N) is 1. The fourth-order valence-electron chi connectivity index (χ4n) is 2.78. The van der Waals surface area contributed by atoms with Gasteiger partial charge in [0.05, 0.1) is 5.56 Å². The molecule has 0 bridgehead atoms. The number of aromatic nitrogens is 1. The van der Waals surface area contributed by atoms with Gasteiger partial charge in [-0.05, 0) is 40.1 Å². The Bertz CT molecular complexity index is 1110. The minimum Gasteiger partial charge on any atom is -0.379 e. The molecule has 0 atom stereocenters. The lowest BCUT2D eigenvalue weighted by molar-refractivity contribution is -0.107. The smallest absolute Gasteiger partial charge is 0.124 e. The number of carbonyl (C=O) groups excluding carboxylic acids is 1. The molecule has 138 valence electrons. The van der Waals surface area contributed by atoms with Crippen LogP contribution in [0.4, 0.5) is 5.00 Å². The van der Waals surface area contributed by atoms with Crippen LogP contribution in [-0.2, 0) is 11.2 Å². The summed E-state index contributed by atoms with van der Waals surface area (Å²) in [6.07, 6.45) is 4.94. The molecule has 0 radical (unpaired) electrons. The Kier molecular flexibility index (Phi) is 6.50. The van der Waals surface area contributed by atoms with Gasteiger partial charge in [-0.3, -0.25) is 4.98 Å². The molecule has 0 aliphatic heterocycles. The average Bonchev–Trinajstić information content (AvgIpc) is 3.19. The van der Waals surface area contributed by atoms with E-state index in [-0.39, 0.29) is 0 Å². The Hall–Kier alpha value is -3.49. The van der Waals surface area contributed by atoms with E-state index < -0.39 is 0 Å². The third kappa shape index (κ3) is 4.61. The van der Waals surface area contributed by atoms with E-state index in [4.69, 9.17) is 5.26 Å². The number of nitrogens with zero attached hydrogens (tertiary/aromatic N) is 2. The Morgan fingerprint density at radius 1 is 1.07 bits per heavy atom. The molecule has 5 heteroatoms. The van der Waals surface area contributed by atoms with Crippen molar-refractivity contribution in [3.8, 4) is 16.5 Å². The van der Waals surface area contributed by atoms with Crippen LogP contribution in [0.5, 0.6) is 0 Å². The van der Waals surface area contributed by atoms with E-state index in [1.54, 1.807) is 23.7 Å². The van der Waals surface area contributed by atoms with Crippen molar-refractivity contribution in [3.63, 3.8) is 0 Å². The topological polar surface area (TPSA) is 65.8 Å². The SMILES string of the molecule is CNc1sc(-c2ccncc2)cc1C#N.O=CCc1ccc2ccccc2c1. The standard InChI is InChI=1S/C12H10O.C11H9N3S/c13-8-7-10-5-6-11-3-1-2-4-12(11)9-10;1-13-11-9(7-12)6-10(15-11)8-2-4-14-5-3-8/h1-6,8-9H,7H2;2-6,13H,1H3. The molecule has 2 heterocycles. The Balaban J connectivity index is 0.000000162. The third-order valence-electron chi connectivity index (χ3n) is 4.18. The first kappa shape index (κ1) is 19.3. The molecule has 4 aromatic rings. The molecule has 0 fully saturated rings. The molecule has 0 saturated heterocycles. The number of hydrogen-bond donors (Lipinski definition) is 1. The number of nitriles is 1. The summed E-state index contributed by atoms with van der Waals surface area (Å²) in [5.74, 6) is 0. The number of benzene rings is 2. The number of hydrogen-bond acceptors (Lipinski definition) is 5. The van der Waals surface area contributed by atoms with Crippen molar-refractivity contribution < 1.29 is 4.79 Å². The highest BCUT2D eigenvalue weighted by Gasteiger charge is 2.08. The maximum absolute atomic E-state index is 10.3. The minimum absolute atomic E-state index is 0.505. The Morgan fingerprint density at radius 2 is 1.82 bits per heavy atom. The zero-order valence-electron chi connectivity index (χ0n) is 15.4. The Labute approximate surface area is 168 Å². The van der Waals surface area contributed by atoms with Gasteiger partial charge in [-0.1, -0.05) is 42.5 Å². The third-order valence-corrected chi connectivity index (χ3v) is 5.38. The van der Waals surface area contributed by atoms with Crippen LogP contribution in [0.3, 0.4) is 0 Å². The molecule has 0 spiro atoms. The van der Waals surface area contributed by atoms with Crippen LogP contribution in [0.1, 0.15) is 11.1 Å². The van der Waals surface area contributed by atoms with Gasteiger partial charge in [-0.15, -0.1) is 11.3 Å². The quantitative estimate of drug-likeness (QED) is 0.484. The predicted octanol–water partition coefficient (Wildman–Crippen LogP) is 5.30. The number of aldehydes is 1. The molecule has 4 rings (SSSR count). The number of rotatable bonds is 4. The first-order chi connectivity index (χ1) is 13.7. The second-order valence-corrected chi connectivity index (χ2v) is 7.06. The summed E-state index contributed by atoms with van der Waals surface area (Å²) in [6, 6.07) is 22.2. The lowest BCUT2D eigenvalue weighted by atomic mass is 10.1. The summed E-state index contributed by atoms with van der Waals surface area (Å²) in [7, 11) is 1.82. The van der Waals surface area contributed by atoms with Gasteiger partial charge in [0.1, 0.15) is 17.4 Å². The van der Waals surface area contributed by atoms with Crippen molar-refractivity contribution in [1.82, 2.24) is 4.98 Å². The summed E-state index contributed by atoms with van der Waals surface area (Å²) in [4.78, 5) is 15.4. The second kappa shape index (κ2) is 9.45. The van der Waals surface area contributed by atoms with Crippen LogP contribution in [0.2, 0.25) is 0 Å². The van der Waals surface area contributed by atoms with Crippen molar-refractivity contribution >= 4 is 33.4 Å². The molecule has 1 N–H and O–H groups in total. The van der Waals surface area contributed by atoms with Gasteiger partial charge in [0.2, 0.25) is 0 Å². The molecule has 2 aromatic heterocycles. The number of thiophene rings is 1. The summed E-state index contributed by atoms with van der Waals surface area (Å²) in [5, 5.41) is 15.3. The predicted molar refractivity (Wildman–Crippen MR) is 116 cm³/mol. The van der Waals surface area contributed by atoms with Crippen LogP contribution >= 0.6 is 11.3 Å². The highest BCUT2D eigenvalue weighted by atomic mass is 32.1. The van der Waals surface area contributed by atoms with Gasteiger partial charge >= 0.3 is 0 Å². The van der Waals surface area contributed by atoms with E-state index in [0.29, 0.717) is 12.0 Å². The van der Waals surface area contributed by atoms with E-state index in [9.17, 15) is 4.79 Å². The van der Waals surface area contributed by atoms with E-state index in [0.717, 1.165) is 27.3 Å². The molecule has 28 heavy (non-hydrogen) atoms. The maximum Gasteiger partial charge on any atom is 0.124 e. The molecule has 0 aliphatic rings. The fraction of sp³-hybridized carbons (Fsp3) is 0.0870. The van der Waals surface area contributed by atoms with Crippen LogP contribution < -0.4 is 5.32 Å². The molecule has 0 amide bonds. The maximum atomic E-state index is 10.3. The van der Waals surface area contributed by atoms with Gasteiger partial charge < -0.3 is 10.1 Å². The molecule has 2 aromatic carbocycles. The van der Waals surface area contributed by atoms with Crippen molar-refractivity contribution in [2.75, 3.05) is 12.4 Å². The molecule has 0 unspecified atom stereocenters.